The van der Waals surface area contributed by atoms with E-state index in [2.05, 4.69) is 49.6 Å². The lowest BCUT2D eigenvalue weighted by Crippen LogP contribution is -2.43. The molecule has 7 heteroatoms. The van der Waals surface area contributed by atoms with Crippen LogP contribution in [0, 0.1) is 11.8 Å². The lowest BCUT2D eigenvalue weighted by Gasteiger charge is -2.31. The molecule has 0 atom stereocenters. The summed E-state index contributed by atoms with van der Waals surface area (Å²) in [6.45, 7) is 3.66. The number of fused-ring (bicyclic) bond motifs is 1. The first-order valence-electron chi connectivity index (χ1n) is 11.5. The first-order valence-corrected chi connectivity index (χ1v) is 11.5. The number of carbonyl (C=O) groups excluding carboxylic acids is 1. The number of amides is 1. The van der Waals surface area contributed by atoms with Gasteiger partial charge in [-0.05, 0) is 30.2 Å². The second-order valence-electron chi connectivity index (χ2n) is 8.13. The Kier molecular flexibility index (Phi) is 6.50. The van der Waals surface area contributed by atoms with Gasteiger partial charge < -0.3 is 15.5 Å². The minimum Gasteiger partial charge on any atom is -0.367 e. The number of nitrogens with zero attached hydrogens (tertiary/aromatic N) is 4. The van der Waals surface area contributed by atoms with E-state index in [0.29, 0.717) is 16.9 Å². The van der Waals surface area contributed by atoms with Crippen LogP contribution in [0.5, 0.6) is 0 Å². The number of aryl methyl sites for hydroxylation is 1. The first-order chi connectivity index (χ1) is 16.8. The Morgan fingerprint density at radius 2 is 1.82 bits per heavy atom. The molecule has 1 fully saturated rings. The van der Waals surface area contributed by atoms with Crippen molar-refractivity contribution in [2.75, 3.05) is 36.4 Å². The van der Waals surface area contributed by atoms with Gasteiger partial charge in [-0.1, -0.05) is 54.3 Å². The van der Waals surface area contributed by atoms with Crippen molar-refractivity contribution in [2.45, 2.75) is 12.8 Å². The summed E-state index contributed by atoms with van der Waals surface area (Å²) in [5, 5.41) is 10.7. The normalized spacial score (nSPS) is 13.4. The van der Waals surface area contributed by atoms with Crippen molar-refractivity contribution in [2.24, 2.45) is 0 Å². The average Bonchev–Trinajstić information content (AvgIpc) is 3.30. The van der Waals surface area contributed by atoms with Gasteiger partial charge in [0.2, 0.25) is 0 Å². The van der Waals surface area contributed by atoms with Crippen LogP contribution in [0.2, 0.25) is 0 Å². The van der Waals surface area contributed by atoms with E-state index >= 15 is 0 Å². The highest BCUT2D eigenvalue weighted by atomic mass is 16.1. The molecule has 2 N–H and O–H groups in total. The number of piperazine rings is 1. The highest BCUT2D eigenvalue weighted by Gasteiger charge is 2.17. The molecule has 3 heterocycles. The molecule has 0 spiro atoms. The Morgan fingerprint density at radius 3 is 2.68 bits per heavy atom. The van der Waals surface area contributed by atoms with Crippen molar-refractivity contribution in [3.05, 3.63) is 89.9 Å². The summed E-state index contributed by atoms with van der Waals surface area (Å²) in [6.07, 6.45) is 5.07. The molecule has 1 aliphatic heterocycles. The third kappa shape index (κ3) is 4.92. The van der Waals surface area contributed by atoms with E-state index in [9.17, 15) is 4.79 Å². The second kappa shape index (κ2) is 10.2. The van der Waals surface area contributed by atoms with Gasteiger partial charge in [0.1, 0.15) is 5.69 Å². The quantitative estimate of drug-likeness (QED) is 0.456. The number of carbonyl (C=O) groups is 1. The maximum atomic E-state index is 13.1. The smallest absolute Gasteiger partial charge is 0.274 e. The maximum Gasteiger partial charge on any atom is 0.274 e. The number of nitrogens with one attached hydrogen (secondary N) is 2. The van der Waals surface area contributed by atoms with Crippen LogP contribution in [0.15, 0.2) is 73.1 Å². The topological polar surface area (TPSA) is 74.6 Å². The average molecular weight is 451 g/mol. The molecule has 0 unspecified atom stereocenters. The molecule has 1 amide bonds. The Labute approximate surface area is 198 Å². The molecule has 5 rings (SSSR count). The molecule has 7 nitrogen and oxygen atoms in total. The summed E-state index contributed by atoms with van der Waals surface area (Å²) in [5.74, 6) is 6.12. The minimum atomic E-state index is -0.255. The molecule has 34 heavy (non-hydrogen) atoms. The fraction of sp³-hybridized carbons (Fsp3) is 0.222. The van der Waals surface area contributed by atoms with Gasteiger partial charge in [-0.3, -0.25) is 4.79 Å². The number of hydrogen-bond donors (Lipinski definition) is 2. The number of aromatic nitrogens is 3. The fourth-order valence-electron chi connectivity index (χ4n) is 4.04. The molecule has 2 aromatic carbocycles. The number of rotatable bonds is 5. The van der Waals surface area contributed by atoms with Crippen molar-refractivity contribution in [1.29, 1.82) is 0 Å². The standard InChI is InChI=1S/C27H26N6O/c34-27(31-23-12-6-7-13-25(23)32-18-15-28-16-19-32)24-14-17-33-26(30-24)22(20-29-33)11-5-4-10-21-8-2-1-3-9-21/h1-3,6-9,12-14,17,20,28H,4,10,15-16,18-19H2,(H,31,34). The molecule has 0 radical (unpaired) electrons. The highest BCUT2D eigenvalue weighted by Crippen LogP contribution is 2.26. The van der Waals surface area contributed by atoms with Crippen LogP contribution < -0.4 is 15.5 Å². The number of anilines is 2. The zero-order valence-corrected chi connectivity index (χ0v) is 18.9. The van der Waals surface area contributed by atoms with E-state index < -0.39 is 0 Å². The Morgan fingerprint density at radius 1 is 1.03 bits per heavy atom. The van der Waals surface area contributed by atoms with Crippen LogP contribution >= 0.6 is 0 Å². The molecule has 1 aliphatic rings. The van der Waals surface area contributed by atoms with E-state index in [1.54, 1.807) is 23.0 Å². The predicted octanol–water partition coefficient (Wildman–Crippen LogP) is 3.38. The van der Waals surface area contributed by atoms with Gasteiger partial charge >= 0.3 is 0 Å². The Balaban J connectivity index is 1.32. The second-order valence-corrected chi connectivity index (χ2v) is 8.13. The monoisotopic (exact) mass is 450 g/mol. The minimum absolute atomic E-state index is 0.255. The van der Waals surface area contributed by atoms with Gasteiger partial charge in [0, 0.05) is 38.8 Å². The number of para-hydroxylation sites is 2. The van der Waals surface area contributed by atoms with Crippen molar-refractivity contribution in [3.63, 3.8) is 0 Å². The van der Waals surface area contributed by atoms with Crippen molar-refractivity contribution < 1.29 is 4.79 Å². The summed E-state index contributed by atoms with van der Waals surface area (Å²) in [6, 6.07) is 19.8. The maximum absolute atomic E-state index is 13.1. The van der Waals surface area contributed by atoms with Crippen LogP contribution in [0.3, 0.4) is 0 Å². The highest BCUT2D eigenvalue weighted by molar-refractivity contribution is 6.05. The molecule has 4 aromatic rings. The van der Waals surface area contributed by atoms with Crippen LogP contribution in [-0.2, 0) is 6.42 Å². The van der Waals surface area contributed by atoms with Crippen LogP contribution in [-0.4, -0.2) is 46.7 Å². The van der Waals surface area contributed by atoms with Crippen molar-refractivity contribution >= 4 is 22.9 Å². The van der Waals surface area contributed by atoms with Gasteiger partial charge in [0.05, 0.1) is 23.1 Å². The lowest BCUT2D eigenvalue weighted by atomic mass is 10.1. The first kappa shape index (κ1) is 21.7. The van der Waals surface area contributed by atoms with Gasteiger partial charge in [-0.2, -0.15) is 5.10 Å². The van der Waals surface area contributed by atoms with Crippen LogP contribution in [0.4, 0.5) is 11.4 Å². The van der Waals surface area contributed by atoms with Gasteiger partial charge in [-0.15, -0.1) is 0 Å². The molecule has 1 saturated heterocycles. The summed E-state index contributed by atoms with van der Waals surface area (Å²) in [7, 11) is 0. The molecule has 0 aliphatic carbocycles. The largest absolute Gasteiger partial charge is 0.367 e. The predicted molar refractivity (Wildman–Crippen MR) is 134 cm³/mol. The SMILES string of the molecule is O=C(Nc1ccccc1N1CCNCC1)c1ccn2ncc(C#CCCc3ccccc3)c2n1. The fourth-order valence-corrected chi connectivity index (χ4v) is 4.04. The summed E-state index contributed by atoms with van der Waals surface area (Å²) in [4.78, 5) is 19.9. The molecule has 0 saturated carbocycles. The lowest BCUT2D eigenvalue weighted by molar-refractivity contribution is 0.102. The van der Waals surface area contributed by atoms with E-state index in [1.807, 2.05) is 42.5 Å². The van der Waals surface area contributed by atoms with Crippen molar-refractivity contribution in [3.8, 4) is 11.8 Å². The third-order valence-electron chi connectivity index (χ3n) is 5.82. The number of benzene rings is 2. The molecule has 170 valence electrons. The molecular weight excluding hydrogens is 424 g/mol. The zero-order chi connectivity index (χ0) is 23.2. The third-order valence-corrected chi connectivity index (χ3v) is 5.82. The summed E-state index contributed by atoms with van der Waals surface area (Å²) in [5.41, 5.74) is 4.68. The summed E-state index contributed by atoms with van der Waals surface area (Å²) < 4.78 is 1.65. The van der Waals surface area contributed by atoms with Crippen LogP contribution in [0.1, 0.15) is 28.0 Å². The van der Waals surface area contributed by atoms with E-state index in [0.717, 1.165) is 50.4 Å². The van der Waals surface area contributed by atoms with Gasteiger partial charge in [0.15, 0.2) is 5.65 Å². The molecule has 0 bridgehead atoms. The Hall–Kier alpha value is -4.15. The summed E-state index contributed by atoms with van der Waals surface area (Å²) >= 11 is 0. The Bertz CT molecular complexity index is 1350. The molecule has 2 aromatic heterocycles. The van der Waals surface area contributed by atoms with Crippen LogP contribution in [0.25, 0.3) is 5.65 Å². The molecular formula is C27H26N6O. The van der Waals surface area contributed by atoms with Crippen molar-refractivity contribution in [1.82, 2.24) is 19.9 Å². The zero-order valence-electron chi connectivity index (χ0n) is 18.9. The van der Waals surface area contributed by atoms with Gasteiger partial charge in [0.25, 0.3) is 5.91 Å². The van der Waals surface area contributed by atoms with E-state index in [1.165, 1.54) is 5.56 Å². The number of hydrogen-bond acceptors (Lipinski definition) is 5. The van der Waals surface area contributed by atoms with E-state index in [-0.39, 0.29) is 5.91 Å². The van der Waals surface area contributed by atoms with Gasteiger partial charge in [-0.25, -0.2) is 9.50 Å². The van der Waals surface area contributed by atoms with E-state index in [4.69, 9.17) is 0 Å².